The normalized spacial score (nSPS) is 30.9. The molecule has 0 saturated heterocycles. The summed E-state index contributed by atoms with van der Waals surface area (Å²) in [5, 5.41) is 0. The fraction of sp³-hybridized carbons (Fsp3) is 1.00. The molecule has 3 heteroatoms. The Bertz CT molecular complexity index is 152. The Kier molecular flexibility index (Phi) is 3.33. The van der Waals surface area contributed by atoms with Crippen LogP contribution in [0.15, 0.2) is 0 Å². The van der Waals surface area contributed by atoms with Crippen LogP contribution in [0.2, 0.25) is 0 Å². The average Bonchev–Trinajstić information content (AvgIpc) is 2.03. The zero-order valence-electron chi connectivity index (χ0n) is 8.79. The Labute approximate surface area is 81.0 Å². The Morgan fingerprint density at radius 2 is 1.54 bits per heavy atom. The first-order chi connectivity index (χ1) is 5.91. The maximum absolute atomic E-state index is 6.07. The van der Waals surface area contributed by atoms with Gasteiger partial charge in [0, 0.05) is 5.54 Å². The molecule has 3 nitrogen and oxygen atoms in total. The first-order valence-electron chi connectivity index (χ1n) is 5.21. The predicted octanol–water partition coefficient (Wildman–Crippen LogP) is 0.774. The van der Waals surface area contributed by atoms with E-state index in [4.69, 9.17) is 17.2 Å². The minimum absolute atomic E-state index is 0.0380. The van der Waals surface area contributed by atoms with E-state index in [-0.39, 0.29) is 11.7 Å². The fourth-order valence-electron chi connectivity index (χ4n) is 2.25. The van der Waals surface area contributed by atoms with Gasteiger partial charge in [0.05, 0.1) is 6.17 Å². The third-order valence-corrected chi connectivity index (χ3v) is 3.37. The standard InChI is InChI=1S/C10H23N3/c1-10(2,13)8-5-3-7(4-6-8)9(11)12/h7-9H,3-6,11-13H2,1-2H3. The zero-order valence-corrected chi connectivity index (χ0v) is 8.79. The van der Waals surface area contributed by atoms with Crippen molar-refractivity contribution < 1.29 is 0 Å². The lowest BCUT2D eigenvalue weighted by atomic mass is 9.73. The van der Waals surface area contributed by atoms with Gasteiger partial charge in [-0.2, -0.15) is 0 Å². The van der Waals surface area contributed by atoms with Crippen LogP contribution in [-0.2, 0) is 0 Å². The molecule has 0 spiro atoms. The van der Waals surface area contributed by atoms with E-state index in [0.717, 1.165) is 12.8 Å². The molecule has 0 aromatic rings. The monoisotopic (exact) mass is 185 g/mol. The summed E-state index contributed by atoms with van der Waals surface area (Å²) in [6.07, 6.45) is 4.51. The maximum Gasteiger partial charge on any atom is 0.0549 e. The Balaban J connectivity index is 2.39. The van der Waals surface area contributed by atoms with Crippen molar-refractivity contribution in [2.24, 2.45) is 29.0 Å². The van der Waals surface area contributed by atoms with Gasteiger partial charge >= 0.3 is 0 Å². The molecule has 1 aliphatic rings. The quantitative estimate of drug-likeness (QED) is 0.556. The molecule has 0 radical (unpaired) electrons. The molecule has 0 unspecified atom stereocenters. The van der Waals surface area contributed by atoms with Crippen molar-refractivity contribution in [3.63, 3.8) is 0 Å². The van der Waals surface area contributed by atoms with Crippen LogP contribution in [0, 0.1) is 11.8 Å². The number of nitrogens with two attached hydrogens (primary N) is 3. The molecule has 0 heterocycles. The van der Waals surface area contributed by atoms with Crippen LogP contribution >= 0.6 is 0 Å². The zero-order chi connectivity index (χ0) is 10.1. The van der Waals surface area contributed by atoms with Crippen molar-refractivity contribution in [1.29, 1.82) is 0 Å². The van der Waals surface area contributed by atoms with Crippen molar-refractivity contribution in [2.45, 2.75) is 51.2 Å². The van der Waals surface area contributed by atoms with Crippen molar-refractivity contribution in [3.8, 4) is 0 Å². The number of hydrogen-bond donors (Lipinski definition) is 3. The lowest BCUT2D eigenvalue weighted by Gasteiger charge is -2.37. The second-order valence-electron chi connectivity index (χ2n) is 5.01. The van der Waals surface area contributed by atoms with Crippen LogP contribution in [0.4, 0.5) is 0 Å². The van der Waals surface area contributed by atoms with Gasteiger partial charge < -0.3 is 17.2 Å². The third kappa shape index (κ3) is 2.93. The van der Waals surface area contributed by atoms with Gasteiger partial charge in [0.2, 0.25) is 0 Å². The van der Waals surface area contributed by atoms with Crippen LogP contribution in [0.1, 0.15) is 39.5 Å². The maximum atomic E-state index is 6.07. The van der Waals surface area contributed by atoms with Gasteiger partial charge in [0.15, 0.2) is 0 Å². The molecule has 0 amide bonds. The van der Waals surface area contributed by atoms with Crippen molar-refractivity contribution in [2.75, 3.05) is 0 Å². The van der Waals surface area contributed by atoms with E-state index in [1.54, 1.807) is 0 Å². The Hall–Kier alpha value is -0.120. The highest BCUT2D eigenvalue weighted by molar-refractivity contribution is 4.87. The van der Waals surface area contributed by atoms with Gasteiger partial charge in [-0.3, -0.25) is 0 Å². The summed E-state index contributed by atoms with van der Waals surface area (Å²) in [7, 11) is 0. The van der Waals surface area contributed by atoms with Crippen LogP contribution in [-0.4, -0.2) is 11.7 Å². The molecular weight excluding hydrogens is 162 g/mol. The minimum atomic E-state index is -0.137. The minimum Gasteiger partial charge on any atom is -0.325 e. The summed E-state index contributed by atoms with van der Waals surface area (Å²) in [4.78, 5) is 0. The molecule has 1 aliphatic carbocycles. The van der Waals surface area contributed by atoms with Crippen LogP contribution in [0.3, 0.4) is 0 Å². The van der Waals surface area contributed by atoms with Crippen LogP contribution in [0.5, 0.6) is 0 Å². The van der Waals surface area contributed by atoms with E-state index in [0.29, 0.717) is 11.8 Å². The second kappa shape index (κ2) is 3.95. The molecule has 78 valence electrons. The molecule has 0 bridgehead atoms. The average molecular weight is 185 g/mol. The van der Waals surface area contributed by atoms with Crippen molar-refractivity contribution in [1.82, 2.24) is 0 Å². The first-order valence-corrected chi connectivity index (χ1v) is 5.21. The van der Waals surface area contributed by atoms with Crippen molar-refractivity contribution in [3.05, 3.63) is 0 Å². The van der Waals surface area contributed by atoms with E-state index in [9.17, 15) is 0 Å². The summed E-state index contributed by atoms with van der Waals surface area (Å²) in [6.45, 7) is 4.22. The first kappa shape index (κ1) is 11.0. The molecule has 0 aromatic carbocycles. The van der Waals surface area contributed by atoms with Crippen molar-refractivity contribution >= 4 is 0 Å². The fourth-order valence-corrected chi connectivity index (χ4v) is 2.25. The van der Waals surface area contributed by atoms with Gasteiger partial charge in [-0.15, -0.1) is 0 Å². The highest BCUT2D eigenvalue weighted by atomic mass is 14.9. The van der Waals surface area contributed by atoms with Gasteiger partial charge in [-0.25, -0.2) is 0 Å². The topological polar surface area (TPSA) is 78.1 Å². The van der Waals surface area contributed by atoms with Gasteiger partial charge in [0.25, 0.3) is 0 Å². The van der Waals surface area contributed by atoms with E-state index in [1.807, 2.05) is 0 Å². The summed E-state index contributed by atoms with van der Waals surface area (Å²) in [6, 6.07) is 0. The molecule has 1 saturated carbocycles. The summed E-state index contributed by atoms with van der Waals surface area (Å²) >= 11 is 0. The molecule has 0 atom stereocenters. The Morgan fingerprint density at radius 3 is 1.85 bits per heavy atom. The molecule has 1 rings (SSSR count). The molecule has 0 aromatic heterocycles. The smallest absolute Gasteiger partial charge is 0.0549 e. The Morgan fingerprint density at radius 1 is 1.08 bits per heavy atom. The van der Waals surface area contributed by atoms with E-state index >= 15 is 0 Å². The molecule has 1 fully saturated rings. The highest BCUT2D eigenvalue weighted by Crippen LogP contribution is 2.34. The van der Waals surface area contributed by atoms with E-state index in [2.05, 4.69) is 13.8 Å². The molecule has 13 heavy (non-hydrogen) atoms. The third-order valence-electron chi connectivity index (χ3n) is 3.37. The largest absolute Gasteiger partial charge is 0.325 e. The van der Waals surface area contributed by atoms with E-state index in [1.165, 1.54) is 12.8 Å². The predicted molar refractivity (Wildman–Crippen MR) is 55.9 cm³/mol. The van der Waals surface area contributed by atoms with Gasteiger partial charge in [0.1, 0.15) is 0 Å². The lowest BCUT2D eigenvalue weighted by molar-refractivity contribution is 0.182. The highest BCUT2D eigenvalue weighted by Gasteiger charge is 2.31. The van der Waals surface area contributed by atoms with E-state index < -0.39 is 0 Å². The van der Waals surface area contributed by atoms with Gasteiger partial charge in [-0.05, 0) is 51.4 Å². The van der Waals surface area contributed by atoms with Crippen LogP contribution in [0.25, 0.3) is 0 Å². The number of hydrogen-bond acceptors (Lipinski definition) is 3. The number of rotatable bonds is 2. The molecule has 0 aliphatic heterocycles. The lowest BCUT2D eigenvalue weighted by Crippen LogP contribution is -2.46. The molecule has 6 N–H and O–H groups in total. The van der Waals surface area contributed by atoms with Crippen LogP contribution < -0.4 is 17.2 Å². The second-order valence-corrected chi connectivity index (χ2v) is 5.01. The summed E-state index contributed by atoms with van der Waals surface area (Å²) in [5.41, 5.74) is 17.4. The summed E-state index contributed by atoms with van der Waals surface area (Å²) in [5.74, 6) is 1.15. The van der Waals surface area contributed by atoms with Gasteiger partial charge in [-0.1, -0.05) is 0 Å². The molecular formula is C10H23N3. The summed E-state index contributed by atoms with van der Waals surface area (Å²) < 4.78 is 0. The SMILES string of the molecule is CC(C)(N)C1CCC(C(N)N)CC1.